The fraction of sp³-hybridized carbons (Fsp3) is 0.0625. The average Bonchev–Trinajstić information content (AvgIpc) is 3.28. The Morgan fingerprint density at radius 1 is 0.576 bits per heavy atom. The molecule has 0 unspecified atom stereocenters. The summed E-state index contributed by atoms with van der Waals surface area (Å²) in [7, 11) is 0. The van der Waals surface area contributed by atoms with E-state index in [-0.39, 0.29) is 0 Å². The van der Waals surface area contributed by atoms with E-state index in [1.807, 2.05) is 0 Å². The molecule has 0 fully saturated rings. The van der Waals surface area contributed by atoms with E-state index in [0.29, 0.717) is 0 Å². The van der Waals surface area contributed by atoms with Gasteiger partial charge in [0.25, 0.3) is 0 Å². The fourth-order valence-electron chi connectivity index (χ4n) is 5.52. The zero-order chi connectivity index (χ0) is 21.8. The van der Waals surface area contributed by atoms with Gasteiger partial charge in [0, 0.05) is 22.1 Å². The van der Waals surface area contributed by atoms with Crippen LogP contribution in [0.25, 0.3) is 28.0 Å². The molecule has 0 bridgehead atoms. The smallest absolute Gasteiger partial charge is 0.178 e. The van der Waals surface area contributed by atoms with Gasteiger partial charge in [-0.05, 0) is 40.1 Å². The Bertz CT molecular complexity index is 1510. The molecule has 5 aromatic carbocycles. The second kappa shape index (κ2) is 6.95. The summed E-state index contributed by atoms with van der Waals surface area (Å²) < 4.78 is 7.07. The average molecular weight is 423 g/mol. The lowest BCUT2D eigenvalue weighted by molar-refractivity contribution is 0.163. The fourth-order valence-corrected chi connectivity index (χ4v) is 5.52. The normalized spacial score (nSPS) is 14.9. The van der Waals surface area contributed by atoms with Gasteiger partial charge in [0.05, 0.1) is 0 Å². The molecule has 156 valence electrons. The van der Waals surface area contributed by atoms with E-state index in [9.17, 15) is 0 Å². The van der Waals surface area contributed by atoms with Gasteiger partial charge in [0.15, 0.2) is 5.60 Å². The third-order valence-electron chi connectivity index (χ3n) is 7.10. The molecule has 0 atom stereocenters. The Morgan fingerprint density at radius 3 is 2.00 bits per heavy atom. The van der Waals surface area contributed by atoms with Crippen molar-refractivity contribution in [3.63, 3.8) is 0 Å². The van der Waals surface area contributed by atoms with Crippen molar-refractivity contribution in [3.05, 3.63) is 143 Å². The van der Waals surface area contributed by atoms with Crippen LogP contribution < -0.4 is 4.74 Å². The Labute approximate surface area is 193 Å². The molecule has 2 aliphatic rings. The Kier molecular flexibility index (Phi) is 3.89. The van der Waals surface area contributed by atoms with Crippen molar-refractivity contribution < 1.29 is 4.74 Å². The van der Waals surface area contributed by atoms with E-state index in [0.717, 1.165) is 28.9 Å². The maximum Gasteiger partial charge on any atom is 0.178 e. The third-order valence-corrected chi connectivity index (χ3v) is 7.10. The van der Waals surface area contributed by atoms with Crippen molar-refractivity contribution in [1.29, 1.82) is 0 Å². The first-order chi connectivity index (χ1) is 16.3. The first-order valence-corrected chi connectivity index (χ1v) is 11.5. The van der Waals surface area contributed by atoms with E-state index in [2.05, 4.69) is 121 Å². The largest absolute Gasteiger partial charge is 0.472 e. The number of hydrogen-bond acceptors (Lipinski definition) is 1. The molecule has 33 heavy (non-hydrogen) atoms. The summed E-state index contributed by atoms with van der Waals surface area (Å²) in [4.78, 5) is 0. The van der Waals surface area contributed by atoms with E-state index < -0.39 is 5.60 Å². The lowest BCUT2D eigenvalue weighted by atomic mass is 9.83. The standard InChI is InChI=1S/C32H22O/c1-3-10-25(11-4-1)32(26-12-5-2-6-13-26)20-19-22-15-17-28-29(31(22)33-32)18-16-24-21-23-9-7-8-14-27(23)30(24)28/h1-20H,21H2. The summed E-state index contributed by atoms with van der Waals surface area (Å²) in [6.45, 7) is 0. The highest BCUT2D eigenvalue weighted by molar-refractivity contribution is 6.05. The Hall–Kier alpha value is -4.10. The number of fused-ring (bicyclic) bond motifs is 7. The quantitative estimate of drug-likeness (QED) is 0.277. The van der Waals surface area contributed by atoms with E-state index in [1.165, 1.54) is 33.0 Å². The van der Waals surface area contributed by atoms with Gasteiger partial charge >= 0.3 is 0 Å². The maximum atomic E-state index is 7.07. The van der Waals surface area contributed by atoms with Crippen LogP contribution in [0.15, 0.2) is 115 Å². The molecular weight excluding hydrogens is 400 g/mol. The monoisotopic (exact) mass is 422 g/mol. The van der Waals surface area contributed by atoms with Gasteiger partial charge < -0.3 is 4.74 Å². The highest BCUT2D eigenvalue weighted by Crippen LogP contribution is 2.48. The molecule has 1 heteroatoms. The molecule has 1 heterocycles. The van der Waals surface area contributed by atoms with Crippen molar-refractivity contribution in [2.24, 2.45) is 0 Å². The highest BCUT2D eigenvalue weighted by Gasteiger charge is 2.37. The molecule has 0 N–H and O–H groups in total. The molecule has 7 rings (SSSR count). The molecule has 1 nitrogen and oxygen atoms in total. The van der Waals surface area contributed by atoms with Crippen LogP contribution in [0.1, 0.15) is 27.8 Å². The second-order valence-electron chi connectivity index (χ2n) is 8.92. The minimum absolute atomic E-state index is 0.666. The Balaban J connectivity index is 1.48. The predicted molar refractivity (Wildman–Crippen MR) is 136 cm³/mol. The highest BCUT2D eigenvalue weighted by atomic mass is 16.5. The van der Waals surface area contributed by atoms with Gasteiger partial charge in [-0.3, -0.25) is 0 Å². The first-order valence-electron chi connectivity index (χ1n) is 11.5. The van der Waals surface area contributed by atoms with Crippen LogP contribution in [0, 0.1) is 0 Å². The van der Waals surface area contributed by atoms with E-state index in [1.54, 1.807) is 0 Å². The molecule has 0 aromatic heterocycles. The second-order valence-corrected chi connectivity index (χ2v) is 8.92. The van der Waals surface area contributed by atoms with Crippen molar-refractivity contribution in [2.45, 2.75) is 12.0 Å². The molecule has 0 radical (unpaired) electrons. The number of hydrogen-bond donors (Lipinski definition) is 0. The zero-order valence-electron chi connectivity index (χ0n) is 18.2. The van der Waals surface area contributed by atoms with Gasteiger partial charge in [-0.1, -0.05) is 115 Å². The van der Waals surface area contributed by atoms with Crippen LogP contribution in [-0.4, -0.2) is 0 Å². The van der Waals surface area contributed by atoms with Crippen LogP contribution >= 0.6 is 0 Å². The number of ether oxygens (including phenoxy) is 1. The molecule has 5 aromatic rings. The minimum atomic E-state index is -0.666. The maximum absolute atomic E-state index is 7.07. The van der Waals surface area contributed by atoms with E-state index >= 15 is 0 Å². The van der Waals surface area contributed by atoms with Gasteiger partial charge in [-0.15, -0.1) is 0 Å². The lowest BCUT2D eigenvalue weighted by Gasteiger charge is -2.36. The van der Waals surface area contributed by atoms with Crippen LogP contribution in [0.5, 0.6) is 5.75 Å². The first kappa shape index (κ1) is 18.5. The Morgan fingerprint density at radius 2 is 1.24 bits per heavy atom. The molecule has 1 aliphatic heterocycles. The van der Waals surface area contributed by atoms with Crippen LogP contribution in [-0.2, 0) is 12.0 Å². The minimum Gasteiger partial charge on any atom is -0.472 e. The molecule has 1 aliphatic carbocycles. The van der Waals surface area contributed by atoms with Gasteiger partial charge in [0.1, 0.15) is 5.75 Å². The summed E-state index contributed by atoms with van der Waals surface area (Å²) in [5.74, 6) is 0.954. The third kappa shape index (κ3) is 2.66. The molecule has 0 saturated carbocycles. The number of benzene rings is 5. The van der Waals surface area contributed by atoms with Crippen LogP contribution in [0.3, 0.4) is 0 Å². The number of rotatable bonds is 2. The summed E-state index contributed by atoms with van der Waals surface area (Å²) >= 11 is 0. The predicted octanol–water partition coefficient (Wildman–Crippen LogP) is 7.76. The topological polar surface area (TPSA) is 9.23 Å². The van der Waals surface area contributed by atoms with Crippen molar-refractivity contribution in [2.75, 3.05) is 0 Å². The molecule has 0 amide bonds. The van der Waals surface area contributed by atoms with Crippen molar-refractivity contribution in [1.82, 2.24) is 0 Å². The van der Waals surface area contributed by atoms with Gasteiger partial charge in [-0.2, -0.15) is 0 Å². The summed E-state index contributed by atoms with van der Waals surface area (Å²) in [6.07, 6.45) is 5.42. The van der Waals surface area contributed by atoms with Crippen molar-refractivity contribution in [3.8, 4) is 16.9 Å². The lowest BCUT2D eigenvalue weighted by Crippen LogP contribution is -2.34. The zero-order valence-corrected chi connectivity index (χ0v) is 18.2. The summed E-state index contributed by atoms with van der Waals surface area (Å²) in [5, 5.41) is 2.44. The summed E-state index contributed by atoms with van der Waals surface area (Å²) in [5.41, 5.74) is 8.21. The van der Waals surface area contributed by atoms with Gasteiger partial charge in [0.2, 0.25) is 0 Å². The molecule has 0 saturated heterocycles. The SMILES string of the molecule is C1=CC(c2ccccc2)(c2ccccc2)Oc2c1ccc1c3c(ccc21)Cc1ccccc1-3. The van der Waals surface area contributed by atoms with E-state index in [4.69, 9.17) is 4.74 Å². The summed E-state index contributed by atoms with van der Waals surface area (Å²) in [6, 6.07) is 38.8. The van der Waals surface area contributed by atoms with Gasteiger partial charge in [-0.25, -0.2) is 0 Å². The van der Waals surface area contributed by atoms with Crippen LogP contribution in [0.2, 0.25) is 0 Å². The molecular formula is C32H22O. The molecule has 0 spiro atoms. The van der Waals surface area contributed by atoms with Crippen LogP contribution in [0.4, 0.5) is 0 Å². The van der Waals surface area contributed by atoms with Crippen molar-refractivity contribution >= 4 is 16.8 Å².